The Morgan fingerprint density at radius 1 is 1.33 bits per heavy atom. The minimum atomic E-state index is -0.598. The third-order valence-electron chi connectivity index (χ3n) is 4.41. The molecule has 6 nitrogen and oxygen atoms in total. The largest absolute Gasteiger partial charge is 0.444 e. The minimum Gasteiger partial charge on any atom is -0.444 e. The number of rotatable bonds is 2. The maximum Gasteiger partial charge on any atom is 0.410 e. The average molecular weight is 410 g/mol. The highest BCUT2D eigenvalue weighted by Gasteiger charge is 2.35. The van der Waals surface area contributed by atoms with E-state index in [0.29, 0.717) is 23.1 Å². The van der Waals surface area contributed by atoms with E-state index in [1.54, 1.807) is 0 Å². The molecule has 1 N–H and O–H groups in total. The fourth-order valence-electron chi connectivity index (χ4n) is 3.09. The van der Waals surface area contributed by atoms with Gasteiger partial charge in [-0.15, -0.1) is 0 Å². The Balaban J connectivity index is 1.77. The van der Waals surface area contributed by atoms with Crippen LogP contribution in [-0.2, 0) is 9.53 Å². The van der Waals surface area contributed by atoms with Crippen molar-refractivity contribution in [2.45, 2.75) is 58.6 Å². The number of thiazole rings is 1. The molecule has 0 spiro atoms. The van der Waals surface area contributed by atoms with E-state index in [1.807, 2.05) is 39.8 Å². The van der Waals surface area contributed by atoms with E-state index in [2.05, 4.69) is 10.3 Å². The number of aryl methyl sites for hydroxylation is 1. The molecule has 3 rings (SSSR count). The minimum absolute atomic E-state index is 0.233. The normalized spacial score (nSPS) is 17.8. The van der Waals surface area contributed by atoms with Gasteiger partial charge in [0.1, 0.15) is 11.6 Å². The van der Waals surface area contributed by atoms with Gasteiger partial charge < -0.3 is 10.1 Å². The zero-order valence-corrected chi connectivity index (χ0v) is 17.5. The van der Waals surface area contributed by atoms with Gasteiger partial charge in [0.2, 0.25) is 5.91 Å². The van der Waals surface area contributed by atoms with Crippen LogP contribution in [0.5, 0.6) is 0 Å². The van der Waals surface area contributed by atoms with Crippen molar-refractivity contribution >= 4 is 50.3 Å². The number of hydrogen-bond acceptors (Lipinski definition) is 5. The highest BCUT2D eigenvalue weighted by atomic mass is 35.5. The Labute approximate surface area is 167 Å². The first-order valence-corrected chi connectivity index (χ1v) is 10.2. The number of aromatic nitrogens is 1. The second kappa shape index (κ2) is 7.64. The third kappa shape index (κ3) is 4.52. The first kappa shape index (κ1) is 19.9. The summed E-state index contributed by atoms with van der Waals surface area (Å²) in [4.78, 5) is 31.4. The summed E-state index contributed by atoms with van der Waals surface area (Å²) < 4.78 is 6.42. The number of ether oxygens (including phenoxy) is 1. The van der Waals surface area contributed by atoms with Crippen LogP contribution in [-0.4, -0.2) is 40.1 Å². The van der Waals surface area contributed by atoms with Crippen molar-refractivity contribution in [1.82, 2.24) is 9.88 Å². The molecular weight excluding hydrogens is 386 g/mol. The molecular formula is C19H24ClN3O3S. The number of likely N-dealkylation sites (tertiary alicyclic amines) is 1. The van der Waals surface area contributed by atoms with Gasteiger partial charge in [0.05, 0.1) is 10.2 Å². The van der Waals surface area contributed by atoms with E-state index in [9.17, 15) is 9.59 Å². The number of carbonyl (C=O) groups is 2. The molecule has 2 heterocycles. The average Bonchev–Trinajstić information content (AvgIpc) is 3.00. The number of amides is 2. The van der Waals surface area contributed by atoms with E-state index >= 15 is 0 Å². The van der Waals surface area contributed by atoms with E-state index < -0.39 is 17.7 Å². The van der Waals surface area contributed by atoms with Crippen molar-refractivity contribution in [2.24, 2.45) is 0 Å². The van der Waals surface area contributed by atoms with Gasteiger partial charge in [-0.2, -0.15) is 0 Å². The molecule has 0 aliphatic carbocycles. The Kier molecular flexibility index (Phi) is 5.63. The van der Waals surface area contributed by atoms with Crippen molar-refractivity contribution in [1.29, 1.82) is 0 Å². The highest BCUT2D eigenvalue weighted by molar-refractivity contribution is 7.22. The van der Waals surface area contributed by atoms with Gasteiger partial charge in [-0.1, -0.05) is 22.9 Å². The van der Waals surface area contributed by atoms with Crippen molar-refractivity contribution in [2.75, 3.05) is 11.9 Å². The Morgan fingerprint density at radius 2 is 2.07 bits per heavy atom. The second-order valence-corrected chi connectivity index (χ2v) is 9.15. The summed E-state index contributed by atoms with van der Waals surface area (Å²) >= 11 is 7.55. The van der Waals surface area contributed by atoms with Crippen LogP contribution in [0.25, 0.3) is 10.2 Å². The van der Waals surface area contributed by atoms with E-state index in [-0.39, 0.29) is 5.91 Å². The summed E-state index contributed by atoms with van der Waals surface area (Å²) in [5.74, 6) is -0.233. The number of carbonyl (C=O) groups excluding carboxylic acids is 2. The molecule has 1 aliphatic rings. The molecule has 1 aromatic heterocycles. The number of anilines is 1. The quantitative estimate of drug-likeness (QED) is 0.758. The first-order chi connectivity index (χ1) is 12.7. The lowest BCUT2D eigenvalue weighted by molar-refractivity contribution is -0.122. The molecule has 146 valence electrons. The molecule has 1 atom stereocenters. The number of nitrogens with zero attached hydrogens (tertiary/aromatic N) is 2. The van der Waals surface area contributed by atoms with Gasteiger partial charge >= 0.3 is 6.09 Å². The second-order valence-electron chi connectivity index (χ2n) is 7.71. The van der Waals surface area contributed by atoms with Crippen LogP contribution in [0.2, 0.25) is 5.02 Å². The Morgan fingerprint density at radius 3 is 2.78 bits per heavy atom. The Bertz CT molecular complexity index is 875. The molecule has 1 aliphatic heterocycles. The molecule has 27 heavy (non-hydrogen) atoms. The van der Waals surface area contributed by atoms with Crippen molar-refractivity contribution in [3.63, 3.8) is 0 Å². The van der Waals surface area contributed by atoms with E-state index in [1.165, 1.54) is 16.2 Å². The fourth-order valence-corrected chi connectivity index (χ4v) is 4.17. The van der Waals surface area contributed by atoms with Gasteiger partial charge in [0, 0.05) is 11.6 Å². The zero-order valence-electron chi connectivity index (χ0n) is 16.0. The van der Waals surface area contributed by atoms with Crippen LogP contribution < -0.4 is 5.32 Å². The summed E-state index contributed by atoms with van der Waals surface area (Å²) in [6.07, 6.45) is 1.92. The smallest absolute Gasteiger partial charge is 0.410 e. The Hall–Kier alpha value is -1.86. The molecule has 2 aromatic rings. The van der Waals surface area contributed by atoms with Crippen molar-refractivity contribution in [3.8, 4) is 0 Å². The molecule has 2 amide bonds. The summed E-state index contributed by atoms with van der Waals surface area (Å²) in [5.41, 5.74) is 1.08. The number of hydrogen-bond donors (Lipinski definition) is 1. The van der Waals surface area contributed by atoms with Crippen LogP contribution in [0.3, 0.4) is 0 Å². The van der Waals surface area contributed by atoms with Crippen LogP contribution >= 0.6 is 22.9 Å². The molecule has 1 fully saturated rings. The summed E-state index contributed by atoms with van der Waals surface area (Å²) in [6, 6.07) is 3.17. The van der Waals surface area contributed by atoms with Crippen LogP contribution in [0, 0.1) is 6.92 Å². The first-order valence-electron chi connectivity index (χ1n) is 9.02. The van der Waals surface area contributed by atoms with Gasteiger partial charge in [0.15, 0.2) is 5.13 Å². The number of benzene rings is 1. The van der Waals surface area contributed by atoms with Gasteiger partial charge in [-0.3, -0.25) is 9.69 Å². The van der Waals surface area contributed by atoms with E-state index in [0.717, 1.165) is 28.6 Å². The highest BCUT2D eigenvalue weighted by Crippen LogP contribution is 2.32. The fraction of sp³-hybridized carbons (Fsp3) is 0.526. The molecule has 1 aromatic carbocycles. The molecule has 8 heteroatoms. The number of halogens is 1. The van der Waals surface area contributed by atoms with Crippen LogP contribution in [0.15, 0.2) is 12.1 Å². The number of fused-ring (bicyclic) bond motifs is 1. The lowest BCUT2D eigenvalue weighted by Gasteiger charge is -2.35. The molecule has 0 saturated carbocycles. The predicted molar refractivity (Wildman–Crippen MR) is 109 cm³/mol. The van der Waals surface area contributed by atoms with Crippen LogP contribution in [0.4, 0.5) is 9.93 Å². The topological polar surface area (TPSA) is 71.5 Å². The number of nitrogens with one attached hydrogen (secondary N) is 1. The predicted octanol–water partition coefficient (Wildman–Crippen LogP) is 4.99. The maximum absolute atomic E-state index is 12.9. The molecule has 0 radical (unpaired) electrons. The van der Waals surface area contributed by atoms with Crippen LogP contribution in [0.1, 0.15) is 45.6 Å². The standard InChI is InChI=1S/C19H24ClN3O3S/c1-11-12(20)8-9-14-15(11)21-17(27-14)22-16(24)13-7-5-6-10-23(13)18(25)26-19(2,3)4/h8-9,13H,5-7,10H2,1-4H3,(H,21,22,24). The van der Waals surface area contributed by atoms with E-state index in [4.69, 9.17) is 16.3 Å². The lowest BCUT2D eigenvalue weighted by atomic mass is 10.0. The van der Waals surface area contributed by atoms with Gasteiger partial charge in [0.25, 0.3) is 0 Å². The number of piperidine rings is 1. The molecule has 0 bridgehead atoms. The van der Waals surface area contributed by atoms with Crippen molar-refractivity contribution < 1.29 is 14.3 Å². The zero-order chi connectivity index (χ0) is 19.8. The third-order valence-corrected chi connectivity index (χ3v) is 5.76. The van der Waals surface area contributed by atoms with Gasteiger partial charge in [-0.05, 0) is 64.7 Å². The monoisotopic (exact) mass is 409 g/mol. The van der Waals surface area contributed by atoms with Gasteiger partial charge in [-0.25, -0.2) is 9.78 Å². The van der Waals surface area contributed by atoms with Crippen molar-refractivity contribution in [3.05, 3.63) is 22.7 Å². The summed E-state index contributed by atoms with van der Waals surface area (Å²) in [7, 11) is 0. The molecule has 1 saturated heterocycles. The summed E-state index contributed by atoms with van der Waals surface area (Å²) in [5, 5.41) is 4.03. The maximum atomic E-state index is 12.9. The lowest BCUT2D eigenvalue weighted by Crippen LogP contribution is -2.51. The summed E-state index contributed by atoms with van der Waals surface area (Å²) in [6.45, 7) is 7.87. The molecule has 1 unspecified atom stereocenters. The SMILES string of the molecule is Cc1c(Cl)ccc2sc(NC(=O)C3CCCCN3C(=O)OC(C)(C)C)nc12.